The molecule has 186 valence electrons. The maximum absolute atomic E-state index is 13.3. The van der Waals surface area contributed by atoms with Crippen LogP contribution in [-0.4, -0.2) is 86.8 Å². The van der Waals surface area contributed by atoms with E-state index in [4.69, 9.17) is 14.0 Å². The Kier molecular flexibility index (Phi) is 7.95. The number of nitrogens with one attached hydrogen (secondary N) is 1. The van der Waals surface area contributed by atoms with E-state index in [0.29, 0.717) is 5.69 Å². The molecule has 3 atom stereocenters. The molecule has 0 saturated heterocycles. The number of rotatable bonds is 4. The van der Waals surface area contributed by atoms with Gasteiger partial charge in [-0.3, -0.25) is 9.59 Å². The van der Waals surface area contributed by atoms with Gasteiger partial charge in [0.15, 0.2) is 0 Å². The number of carbonyl (C=O) groups is 2. The Morgan fingerprint density at radius 2 is 1.97 bits per heavy atom. The molecule has 2 heterocycles. The molecule has 1 aliphatic heterocycles. The second-order valence-electron chi connectivity index (χ2n) is 8.47. The van der Waals surface area contributed by atoms with Crippen molar-refractivity contribution in [2.75, 3.05) is 45.4 Å². The summed E-state index contributed by atoms with van der Waals surface area (Å²) in [5.41, 5.74) is 0.583. The summed E-state index contributed by atoms with van der Waals surface area (Å²) < 4.78 is 42.7. The summed E-state index contributed by atoms with van der Waals surface area (Å²) in [6.07, 6.45) is 2.12. The number of aromatic nitrogens is 1. The fraction of sp³-hybridized carbons (Fsp3) is 0.500. The predicted molar refractivity (Wildman–Crippen MR) is 124 cm³/mol. The van der Waals surface area contributed by atoms with E-state index >= 15 is 0 Å². The number of methoxy groups -OCH3 is 1. The van der Waals surface area contributed by atoms with Gasteiger partial charge in [-0.05, 0) is 31.0 Å². The fourth-order valence-electron chi connectivity index (χ4n) is 3.81. The third-order valence-corrected chi connectivity index (χ3v) is 7.09. The highest BCUT2D eigenvalue weighted by Gasteiger charge is 2.32. The van der Waals surface area contributed by atoms with Crippen molar-refractivity contribution in [3.05, 3.63) is 41.8 Å². The molecule has 2 aromatic rings. The first kappa shape index (κ1) is 25.7. The predicted octanol–water partition coefficient (Wildman–Crippen LogP) is 1.69. The van der Waals surface area contributed by atoms with E-state index in [1.54, 1.807) is 26.1 Å². The lowest BCUT2D eigenvalue weighted by Crippen LogP contribution is -2.48. The maximum Gasteiger partial charge on any atom is 0.294 e. The molecule has 1 aromatic heterocycles. The van der Waals surface area contributed by atoms with Gasteiger partial charge in [0.25, 0.3) is 11.8 Å². The summed E-state index contributed by atoms with van der Waals surface area (Å²) >= 11 is 0. The minimum absolute atomic E-state index is 0.0269. The molecule has 0 spiro atoms. The second kappa shape index (κ2) is 10.5. The van der Waals surface area contributed by atoms with Gasteiger partial charge in [0.05, 0.1) is 30.2 Å². The Bertz CT molecular complexity index is 1120. The number of amides is 2. The second-order valence-corrected chi connectivity index (χ2v) is 10.4. The SMILES string of the molecule is CO[C@H]1CN(C)C(=O)c2cc(NC(=O)c3ccno3)ccc2OC[C@H](C)N(S(C)(=O)=O)C[C@@H]1C. The zero-order valence-electron chi connectivity index (χ0n) is 19.8. The summed E-state index contributed by atoms with van der Waals surface area (Å²) in [5.74, 6) is -0.730. The number of nitrogens with zero attached hydrogens (tertiary/aromatic N) is 3. The molecule has 2 amide bonds. The van der Waals surface area contributed by atoms with Crippen LogP contribution in [0.5, 0.6) is 5.75 Å². The molecule has 3 rings (SSSR count). The summed E-state index contributed by atoms with van der Waals surface area (Å²) in [6.45, 7) is 4.13. The number of ether oxygens (including phenoxy) is 2. The first-order valence-electron chi connectivity index (χ1n) is 10.7. The van der Waals surface area contributed by atoms with Crippen molar-refractivity contribution >= 4 is 27.5 Å². The first-order chi connectivity index (χ1) is 16.0. The molecule has 0 radical (unpaired) electrons. The molecule has 0 bridgehead atoms. The Morgan fingerprint density at radius 3 is 2.59 bits per heavy atom. The van der Waals surface area contributed by atoms with Crippen LogP contribution in [0.15, 0.2) is 35.0 Å². The summed E-state index contributed by atoms with van der Waals surface area (Å²) in [4.78, 5) is 27.2. The highest BCUT2D eigenvalue weighted by atomic mass is 32.2. The van der Waals surface area contributed by atoms with Gasteiger partial charge in [-0.25, -0.2) is 8.42 Å². The molecule has 0 aliphatic carbocycles. The Morgan fingerprint density at radius 1 is 1.24 bits per heavy atom. The van der Waals surface area contributed by atoms with Gasteiger partial charge in [-0.1, -0.05) is 12.1 Å². The van der Waals surface area contributed by atoms with Crippen molar-refractivity contribution in [2.45, 2.75) is 26.0 Å². The van der Waals surface area contributed by atoms with Gasteiger partial charge in [-0.2, -0.15) is 4.31 Å². The number of hydrogen-bond acceptors (Lipinski definition) is 8. The van der Waals surface area contributed by atoms with Crippen LogP contribution in [0.2, 0.25) is 0 Å². The van der Waals surface area contributed by atoms with Crippen LogP contribution in [0.4, 0.5) is 5.69 Å². The minimum Gasteiger partial charge on any atom is -0.491 e. The van der Waals surface area contributed by atoms with E-state index in [1.165, 1.54) is 34.6 Å². The Hall–Kier alpha value is -2.96. The van der Waals surface area contributed by atoms with Crippen LogP contribution in [0.1, 0.15) is 34.8 Å². The number of carbonyl (C=O) groups excluding carboxylic acids is 2. The molecule has 0 saturated carbocycles. The van der Waals surface area contributed by atoms with Gasteiger partial charge in [0.2, 0.25) is 15.8 Å². The zero-order valence-corrected chi connectivity index (χ0v) is 20.7. The molecule has 1 aliphatic rings. The molecule has 34 heavy (non-hydrogen) atoms. The zero-order chi connectivity index (χ0) is 25.0. The van der Waals surface area contributed by atoms with Crippen molar-refractivity contribution in [1.29, 1.82) is 0 Å². The van der Waals surface area contributed by atoms with E-state index in [2.05, 4.69) is 10.5 Å². The van der Waals surface area contributed by atoms with Crippen molar-refractivity contribution in [2.24, 2.45) is 5.92 Å². The topological polar surface area (TPSA) is 131 Å². The number of sulfonamides is 1. The largest absolute Gasteiger partial charge is 0.491 e. The minimum atomic E-state index is -3.52. The number of fused-ring (bicyclic) bond motifs is 1. The highest BCUT2D eigenvalue weighted by molar-refractivity contribution is 7.88. The van der Waals surface area contributed by atoms with Gasteiger partial charge in [0, 0.05) is 39.0 Å². The molecule has 0 fully saturated rings. The van der Waals surface area contributed by atoms with Gasteiger partial charge < -0.3 is 24.2 Å². The lowest BCUT2D eigenvalue weighted by Gasteiger charge is -2.34. The average molecular weight is 495 g/mol. The highest BCUT2D eigenvalue weighted by Crippen LogP contribution is 2.27. The van der Waals surface area contributed by atoms with Crippen LogP contribution in [0.25, 0.3) is 0 Å². The van der Waals surface area contributed by atoms with Gasteiger partial charge in [-0.15, -0.1) is 0 Å². The molecule has 12 heteroatoms. The number of hydrogen-bond donors (Lipinski definition) is 1. The van der Waals surface area contributed by atoms with E-state index in [-0.39, 0.29) is 48.6 Å². The maximum atomic E-state index is 13.3. The number of benzene rings is 1. The average Bonchev–Trinajstić information content (AvgIpc) is 3.32. The molecular formula is C22H30N4O7S. The van der Waals surface area contributed by atoms with Crippen molar-refractivity contribution in [1.82, 2.24) is 14.4 Å². The lowest BCUT2D eigenvalue weighted by molar-refractivity contribution is 0.0213. The summed E-state index contributed by atoms with van der Waals surface area (Å²) in [5, 5.41) is 6.18. The molecule has 11 nitrogen and oxygen atoms in total. The van der Waals surface area contributed by atoms with Crippen LogP contribution >= 0.6 is 0 Å². The van der Waals surface area contributed by atoms with Gasteiger partial charge >= 0.3 is 0 Å². The third-order valence-electron chi connectivity index (χ3n) is 5.73. The van der Waals surface area contributed by atoms with Crippen molar-refractivity contribution < 1.29 is 32.0 Å². The van der Waals surface area contributed by atoms with Crippen LogP contribution in [0.3, 0.4) is 0 Å². The molecular weight excluding hydrogens is 464 g/mol. The third kappa shape index (κ3) is 5.93. The number of likely N-dealkylation sites (N-methyl/N-ethyl adjacent to an activating group) is 1. The fourth-order valence-corrected chi connectivity index (χ4v) is 5.03. The summed E-state index contributed by atoms with van der Waals surface area (Å²) in [7, 11) is -0.348. The van der Waals surface area contributed by atoms with E-state index in [0.717, 1.165) is 6.26 Å². The summed E-state index contributed by atoms with van der Waals surface area (Å²) in [6, 6.07) is 5.60. The van der Waals surface area contributed by atoms with Crippen LogP contribution < -0.4 is 10.1 Å². The molecule has 1 aromatic carbocycles. The first-order valence-corrected chi connectivity index (χ1v) is 12.6. The van der Waals surface area contributed by atoms with E-state index < -0.39 is 28.1 Å². The van der Waals surface area contributed by atoms with Gasteiger partial charge in [0.1, 0.15) is 12.4 Å². The van der Waals surface area contributed by atoms with Crippen molar-refractivity contribution in [3.8, 4) is 5.75 Å². The van der Waals surface area contributed by atoms with Crippen LogP contribution in [0, 0.1) is 5.92 Å². The Labute approximate surface area is 199 Å². The van der Waals surface area contributed by atoms with E-state index in [9.17, 15) is 18.0 Å². The quantitative estimate of drug-likeness (QED) is 0.679. The number of anilines is 1. The standard InChI is InChI=1S/C22H30N4O7S/c1-14-11-26(34(5,29)30)15(2)13-32-18-7-6-16(24-21(27)19-8-9-23-33-19)10-17(18)22(28)25(3)12-20(14)31-4/h6-10,14-15,20H,11-13H2,1-5H3,(H,24,27)/t14-,15-,20-/m0/s1. The van der Waals surface area contributed by atoms with Crippen LogP contribution in [-0.2, 0) is 14.8 Å². The monoisotopic (exact) mass is 494 g/mol. The molecule has 1 N–H and O–H groups in total. The molecule has 0 unspecified atom stereocenters. The van der Waals surface area contributed by atoms with E-state index in [1.807, 2.05) is 6.92 Å². The Balaban J connectivity index is 1.97. The van der Waals surface area contributed by atoms with Crippen molar-refractivity contribution in [3.63, 3.8) is 0 Å². The lowest BCUT2D eigenvalue weighted by atomic mass is 10.0. The smallest absolute Gasteiger partial charge is 0.294 e. The normalized spacial score (nSPS) is 22.8.